The summed E-state index contributed by atoms with van der Waals surface area (Å²) >= 11 is 0. The number of ether oxygens (including phenoxy) is 1. The lowest BCUT2D eigenvalue weighted by molar-refractivity contribution is -0.137. The van der Waals surface area contributed by atoms with Crippen LogP contribution in [0.2, 0.25) is 0 Å². The first-order valence-corrected chi connectivity index (χ1v) is 6.53. The molecule has 1 aliphatic heterocycles. The van der Waals surface area contributed by atoms with Crippen LogP contribution in [0.3, 0.4) is 0 Å². The van der Waals surface area contributed by atoms with Crippen LogP contribution in [0.1, 0.15) is 18.7 Å². The van der Waals surface area contributed by atoms with Gasteiger partial charge in [-0.15, -0.1) is 0 Å². The molecule has 1 aliphatic rings. The smallest absolute Gasteiger partial charge is 0.306 e. The molecule has 6 nitrogen and oxygen atoms in total. The first-order valence-electron chi connectivity index (χ1n) is 6.53. The monoisotopic (exact) mass is 274 g/mol. The van der Waals surface area contributed by atoms with Crippen LogP contribution in [0, 0.1) is 0 Å². The number of aryl methyl sites for hydroxylation is 1. The summed E-state index contributed by atoms with van der Waals surface area (Å²) in [5.74, 6) is 0.420. The van der Waals surface area contributed by atoms with Gasteiger partial charge in [0.25, 0.3) is 5.56 Å². The van der Waals surface area contributed by atoms with Crippen LogP contribution in [-0.4, -0.2) is 27.2 Å². The molecule has 0 fully saturated rings. The van der Waals surface area contributed by atoms with Gasteiger partial charge in [0.1, 0.15) is 11.6 Å². The highest BCUT2D eigenvalue weighted by atomic mass is 16.5. The van der Waals surface area contributed by atoms with E-state index in [0.29, 0.717) is 23.2 Å². The lowest BCUT2D eigenvalue weighted by Gasteiger charge is -2.08. The minimum Gasteiger partial charge on any atom is -0.493 e. The van der Waals surface area contributed by atoms with Gasteiger partial charge in [-0.25, -0.2) is 4.98 Å². The third-order valence-corrected chi connectivity index (χ3v) is 3.37. The summed E-state index contributed by atoms with van der Waals surface area (Å²) in [6.45, 7) is 0.793. The molecule has 1 aromatic carbocycles. The summed E-state index contributed by atoms with van der Waals surface area (Å²) in [7, 11) is 0. The second-order valence-electron chi connectivity index (χ2n) is 4.76. The number of nitrogens with zero attached hydrogens (tertiary/aromatic N) is 2. The quantitative estimate of drug-likeness (QED) is 0.905. The number of hydrogen-bond acceptors (Lipinski definition) is 4. The summed E-state index contributed by atoms with van der Waals surface area (Å²) in [4.78, 5) is 27.2. The van der Waals surface area contributed by atoms with Crippen LogP contribution < -0.4 is 10.3 Å². The average Bonchev–Trinajstić information content (AvgIpc) is 2.88. The second-order valence-corrected chi connectivity index (χ2v) is 4.76. The fourth-order valence-electron chi connectivity index (χ4n) is 2.41. The normalized spacial score (nSPS) is 13.4. The molecule has 6 heteroatoms. The van der Waals surface area contributed by atoms with E-state index in [1.54, 1.807) is 22.8 Å². The number of carboxylic acids is 1. The minimum absolute atomic E-state index is 0.0498. The van der Waals surface area contributed by atoms with E-state index in [0.717, 1.165) is 18.7 Å². The van der Waals surface area contributed by atoms with E-state index in [-0.39, 0.29) is 18.6 Å². The van der Waals surface area contributed by atoms with E-state index in [9.17, 15) is 9.59 Å². The van der Waals surface area contributed by atoms with Crippen molar-refractivity contribution in [2.75, 3.05) is 6.61 Å². The Kier molecular flexibility index (Phi) is 3.14. The van der Waals surface area contributed by atoms with Crippen LogP contribution in [-0.2, 0) is 17.8 Å². The molecule has 20 heavy (non-hydrogen) atoms. The Hall–Kier alpha value is -2.37. The highest BCUT2D eigenvalue weighted by Crippen LogP contribution is 2.19. The third-order valence-electron chi connectivity index (χ3n) is 3.37. The third kappa shape index (κ3) is 2.24. The van der Waals surface area contributed by atoms with Crippen LogP contribution in [0.5, 0.6) is 5.75 Å². The maximum Gasteiger partial charge on any atom is 0.306 e. The summed E-state index contributed by atoms with van der Waals surface area (Å²) in [5, 5.41) is 9.09. The zero-order valence-electron chi connectivity index (χ0n) is 10.8. The molecule has 0 saturated heterocycles. The maximum absolute atomic E-state index is 12.3. The molecular weight excluding hydrogens is 260 g/mol. The minimum atomic E-state index is -0.912. The van der Waals surface area contributed by atoms with Gasteiger partial charge >= 0.3 is 5.97 Å². The number of benzene rings is 1. The van der Waals surface area contributed by atoms with Crippen molar-refractivity contribution in [3.8, 4) is 5.75 Å². The van der Waals surface area contributed by atoms with Crippen molar-refractivity contribution in [3.05, 3.63) is 34.4 Å². The molecule has 3 rings (SSSR count). The van der Waals surface area contributed by atoms with Gasteiger partial charge in [-0.3, -0.25) is 14.2 Å². The standard InChI is InChI=1S/C14H14N2O4/c17-13(18)5-7-20-9-3-4-11-10(8-9)14(19)16-6-1-2-12(16)15-11/h3-4,8H,1-2,5-7H2,(H,17,18). The number of aliphatic carboxylic acids is 1. The molecule has 0 saturated carbocycles. The molecule has 2 aromatic rings. The fourth-order valence-corrected chi connectivity index (χ4v) is 2.41. The van der Waals surface area contributed by atoms with Gasteiger partial charge in [0.2, 0.25) is 0 Å². The predicted molar refractivity (Wildman–Crippen MR) is 72.1 cm³/mol. The van der Waals surface area contributed by atoms with Crippen molar-refractivity contribution in [2.45, 2.75) is 25.8 Å². The average molecular weight is 274 g/mol. The van der Waals surface area contributed by atoms with E-state index < -0.39 is 5.97 Å². The first kappa shape index (κ1) is 12.7. The maximum atomic E-state index is 12.3. The van der Waals surface area contributed by atoms with E-state index in [1.165, 1.54) is 0 Å². The van der Waals surface area contributed by atoms with Gasteiger partial charge in [0.15, 0.2) is 0 Å². The number of carboxylic acid groups (broad SMARTS) is 1. The van der Waals surface area contributed by atoms with Crippen molar-refractivity contribution >= 4 is 16.9 Å². The number of fused-ring (bicyclic) bond motifs is 2. The number of carbonyl (C=O) groups is 1. The highest BCUT2D eigenvalue weighted by molar-refractivity contribution is 5.79. The fraction of sp³-hybridized carbons (Fsp3) is 0.357. The summed E-state index contributed by atoms with van der Waals surface area (Å²) in [6.07, 6.45) is 1.71. The summed E-state index contributed by atoms with van der Waals surface area (Å²) in [6, 6.07) is 5.09. The number of rotatable bonds is 4. The van der Waals surface area contributed by atoms with Crippen molar-refractivity contribution < 1.29 is 14.6 Å². The Labute approximate surface area is 114 Å². The topological polar surface area (TPSA) is 81.4 Å². The van der Waals surface area contributed by atoms with E-state index >= 15 is 0 Å². The molecule has 104 valence electrons. The van der Waals surface area contributed by atoms with Crippen molar-refractivity contribution in [3.63, 3.8) is 0 Å². The zero-order chi connectivity index (χ0) is 14.1. The van der Waals surface area contributed by atoms with Gasteiger partial charge in [-0.1, -0.05) is 0 Å². The molecule has 0 aliphatic carbocycles. The van der Waals surface area contributed by atoms with Gasteiger partial charge in [-0.05, 0) is 24.6 Å². The van der Waals surface area contributed by atoms with E-state index in [4.69, 9.17) is 9.84 Å². The molecule has 0 atom stereocenters. The Morgan fingerprint density at radius 1 is 1.45 bits per heavy atom. The second kappa shape index (κ2) is 4.96. The largest absolute Gasteiger partial charge is 0.493 e. The predicted octanol–water partition coefficient (Wildman–Crippen LogP) is 1.20. The van der Waals surface area contributed by atoms with Crippen molar-refractivity contribution in [1.82, 2.24) is 9.55 Å². The molecule has 1 N–H and O–H groups in total. The molecule has 2 heterocycles. The number of hydrogen-bond donors (Lipinski definition) is 1. The van der Waals surface area contributed by atoms with Crippen LogP contribution in [0.15, 0.2) is 23.0 Å². The van der Waals surface area contributed by atoms with Crippen molar-refractivity contribution in [1.29, 1.82) is 0 Å². The molecule has 0 spiro atoms. The molecule has 0 amide bonds. The summed E-state index contributed by atoms with van der Waals surface area (Å²) < 4.78 is 7.04. The van der Waals surface area contributed by atoms with Gasteiger partial charge in [0.05, 0.1) is 23.9 Å². The van der Waals surface area contributed by atoms with Crippen LogP contribution in [0.4, 0.5) is 0 Å². The van der Waals surface area contributed by atoms with Crippen molar-refractivity contribution in [2.24, 2.45) is 0 Å². The summed E-state index contributed by atoms with van der Waals surface area (Å²) in [5.41, 5.74) is 0.611. The zero-order valence-corrected chi connectivity index (χ0v) is 10.8. The Bertz CT molecular complexity index is 736. The SMILES string of the molecule is O=C(O)CCOc1ccc2nc3n(c(=O)c2c1)CCC3. The molecule has 0 unspecified atom stereocenters. The van der Waals surface area contributed by atoms with Crippen LogP contribution >= 0.6 is 0 Å². The Morgan fingerprint density at radius 3 is 3.10 bits per heavy atom. The molecule has 0 radical (unpaired) electrons. The molecule has 0 bridgehead atoms. The molecule has 1 aromatic heterocycles. The highest BCUT2D eigenvalue weighted by Gasteiger charge is 2.16. The number of aromatic nitrogens is 2. The Balaban J connectivity index is 1.95. The van der Waals surface area contributed by atoms with Gasteiger partial charge in [0, 0.05) is 13.0 Å². The van der Waals surface area contributed by atoms with E-state index in [1.807, 2.05) is 0 Å². The lowest BCUT2D eigenvalue weighted by atomic mass is 10.2. The Morgan fingerprint density at radius 2 is 2.30 bits per heavy atom. The van der Waals surface area contributed by atoms with E-state index in [2.05, 4.69) is 4.98 Å². The molecular formula is C14H14N2O4. The lowest BCUT2D eigenvalue weighted by Crippen LogP contribution is -2.20. The first-order chi connectivity index (χ1) is 9.65. The van der Waals surface area contributed by atoms with Crippen LogP contribution in [0.25, 0.3) is 10.9 Å². The van der Waals surface area contributed by atoms with Gasteiger partial charge < -0.3 is 9.84 Å². The van der Waals surface area contributed by atoms with Gasteiger partial charge in [-0.2, -0.15) is 0 Å².